The molecule has 0 saturated carbocycles. The fourth-order valence-electron chi connectivity index (χ4n) is 11.2. The van der Waals surface area contributed by atoms with Crippen molar-refractivity contribution in [3.63, 3.8) is 0 Å². The predicted molar refractivity (Wildman–Crippen MR) is 314 cm³/mol. The van der Waals surface area contributed by atoms with Gasteiger partial charge in [0.2, 0.25) is 0 Å². The lowest BCUT2D eigenvalue weighted by molar-refractivity contribution is 0.979. The molecule has 0 N–H and O–H groups in total. The summed E-state index contributed by atoms with van der Waals surface area (Å²) in [5.41, 5.74) is 22.4. The normalized spacial score (nSPS) is 12.4. The molecule has 0 bridgehead atoms. The molecular formula is C70H54N4. The maximum Gasteiger partial charge on any atom is 0.0539 e. The van der Waals surface area contributed by atoms with Crippen LogP contribution in [0.1, 0.15) is 24.1 Å². The molecule has 0 atom stereocenters. The number of anilines is 6. The van der Waals surface area contributed by atoms with Crippen molar-refractivity contribution >= 4 is 72.5 Å². The number of hydrogen-bond acceptors (Lipinski definition) is 2. The Hall–Kier alpha value is -9.38. The van der Waals surface area contributed by atoms with E-state index in [0.29, 0.717) is 0 Å². The largest absolute Gasteiger partial charge is 0.314 e. The van der Waals surface area contributed by atoms with E-state index in [1.807, 2.05) is 0 Å². The second-order valence-corrected chi connectivity index (χ2v) is 19.4. The molecule has 0 amide bonds. The number of para-hydroxylation sites is 2. The first kappa shape index (κ1) is 44.6. The van der Waals surface area contributed by atoms with E-state index >= 15 is 0 Å². The van der Waals surface area contributed by atoms with Gasteiger partial charge in [-0.2, -0.15) is 0 Å². The van der Waals surface area contributed by atoms with Gasteiger partial charge in [-0.1, -0.05) is 158 Å². The zero-order chi connectivity index (χ0) is 49.5. The SMILES string of the molecule is Cc1c(C)n(-c2ccccc2)c2ccc(N(c3ccc(-c4ccccc4)cc3)c3ccc(-c4ccc(N(c5ccc(-c6ccccc6)cc5)c5ccc6c(c5)c5ccccc5n6C5=CC=CCC5)cc4)cc3)cc12. The van der Waals surface area contributed by atoms with E-state index in [1.165, 1.54) is 77.6 Å². The molecule has 74 heavy (non-hydrogen) atoms. The summed E-state index contributed by atoms with van der Waals surface area (Å²) in [4.78, 5) is 4.78. The first-order valence-corrected chi connectivity index (χ1v) is 25.7. The number of allylic oxidation sites excluding steroid dienone is 4. The van der Waals surface area contributed by atoms with Gasteiger partial charge in [0.05, 0.1) is 16.6 Å². The summed E-state index contributed by atoms with van der Waals surface area (Å²) in [5.74, 6) is 0. The Balaban J connectivity index is 0.870. The molecule has 13 rings (SSSR count). The third kappa shape index (κ3) is 8.07. The Morgan fingerprint density at radius 1 is 0.338 bits per heavy atom. The van der Waals surface area contributed by atoms with Crippen molar-refractivity contribution in [1.82, 2.24) is 9.13 Å². The van der Waals surface area contributed by atoms with E-state index in [1.54, 1.807) is 0 Å². The fourth-order valence-corrected chi connectivity index (χ4v) is 11.2. The molecule has 1 aliphatic carbocycles. The first-order chi connectivity index (χ1) is 36.5. The Kier molecular flexibility index (Phi) is 11.4. The molecule has 354 valence electrons. The number of aryl methyl sites for hydroxylation is 1. The summed E-state index contributed by atoms with van der Waals surface area (Å²) in [6, 6.07) is 90.7. The van der Waals surface area contributed by atoms with Crippen molar-refractivity contribution < 1.29 is 0 Å². The quantitative estimate of drug-likeness (QED) is 0.128. The van der Waals surface area contributed by atoms with Crippen molar-refractivity contribution in [2.45, 2.75) is 26.7 Å². The lowest BCUT2D eigenvalue weighted by atomic mass is 10.0. The molecule has 0 fully saturated rings. The van der Waals surface area contributed by atoms with Crippen molar-refractivity contribution in [3.8, 4) is 39.1 Å². The molecule has 12 aromatic rings. The van der Waals surface area contributed by atoms with Crippen LogP contribution in [0.15, 0.2) is 267 Å². The minimum atomic E-state index is 1.02. The fraction of sp³-hybridized carbons (Fsp3) is 0.0571. The smallest absolute Gasteiger partial charge is 0.0539 e. The van der Waals surface area contributed by atoms with Crippen LogP contribution in [0.2, 0.25) is 0 Å². The van der Waals surface area contributed by atoms with E-state index in [2.05, 4.69) is 300 Å². The number of rotatable bonds is 11. The molecular weight excluding hydrogens is 897 g/mol. The number of hydrogen-bond donors (Lipinski definition) is 0. The van der Waals surface area contributed by atoms with Crippen LogP contribution in [0, 0.1) is 13.8 Å². The van der Waals surface area contributed by atoms with Crippen LogP contribution in [0.5, 0.6) is 0 Å². The summed E-state index contributed by atoms with van der Waals surface area (Å²) in [6.45, 7) is 4.47. The monoisotopic (exact) mass is 950 g/mol. The molecule has 0 spiro atoms. The lowest BCUT2D eigenvalue weighted by Crippen LogP contribution is -2.10. The van der Waals surface area contributed by atoms with Gasteiger partial charge >= 0.3 is 0 Å². The zero-order valence-electron chi connectivity index (χ0n) is 41.6. The van der Waals surface area contributed by atoms with E-state index in [4.69, 9.17) is 0 Å². The highest BCUT2D eigenvalue weighted by Gasteiger charge is 2.21. The standard InChI is InChI=1S/C70H54N4/c1-49-50(2)71(57-21-11-5-12-22-57)69-45-43-63(47-66(49)69)72(59-35-27-53(28-36-59)51-17-7-3-8-18-51)60-39-31-55(32-40-60)56-33-41-62(42-34-56)73(61-37-29-54(30-38-61)52-19-9-4-10-20-52)64-44-46-70-67(48-64)65-25-15-16-26-68(65)74(70)58-23-13-6-14-24-58/h3-13,15-23,25-48H,14,24H2,1-2H3. The Bertz CT molecular complexity index is 4030. The topological polar surface area (TPSA) is 16.3 Å². The molecule has 4 nitrogen and oxygen atoms in total. The molecule has 0 saturated heterocycles. The van der Waals surface area contributed by atoms with Gasteiger partial charge in [-0.3, -0.25) is 0 Å². The Morgan fingerprint density at radius 3 is 1.20 bits per heavy atom. The highest BCUT2D eigenvalue weighted by molar-refractivity contribution is 6.11. The van der Waals surface area contributed by atoms with Crippen LogP contribution < -0.4 is 9.80 Å². The number of aromatic nitrogens is 2. The molecule has 0 aliphatic heterocycles. The average molecular weight is 951 g/mol. The van der Waals surface area contributed by atoms with Crippen molar-refractivity contribution in [3.05, 3.63) is 278 Å². The summed E-state index contributed by atoms with van der Waals surface area (Å²) in [7, 11) is 0. The van der Waals surface area contributed by atoms with E-state index in [0.717, 1.165) is 58.1 Å². The van der Waals surface area contributed by atoms with Crippen LogP contribution in [0.3, 0.4) is 0 Å². The Labute approximate surface area is 433 Å². The Morgan fingerprint density at radius 2 is 0.730 bits per heavy atom. The molecule has 4 heteroatoms. The maximum absolute atomic E-state index is 2.46. The lowest BCUT2D eigenvalue weighted by Gasteiger charge is -2.27. The van der Waals surface area contributed by atoms with Gasteiger partial charge < -0.3 is 18.9 Å². The maximum atomic E-state index is 2.46. The average Bonchev–Trinajstić information content (AvgIpc) is 3.94. The molecule has 0 radical (unpaired) electrons. The van der Waals surface area contributed by atoms with Crippen LogP contribution >= 0.6 is 0 Å². The minimum absolute atomic E-state index is 1.02. The molecule has 2 aromatic heterocycles. The first-order valence-electron chi connectivity index (χ1n) is 25.7. The third-order valence-corrected chi connectivity index (χ3v) is 15.0. The zero-order valence-corrected chi connectivity index (χ0v) is 41.6. The minimum Gasteiger partial charge on any atom is -0.314 e. The van der Waals surface area contributed by atoms with E-state index < -0.39 is 0 Å². The molecule has 2 heterocycles. The van der Waals surface area contributed by atoms with Crippen molar-refractivity contribution in [1.29, 1.82) is 0 Å². The molecule has 1 aliphatic rings. The number of benzene rings is 10. The summed E-state index contributed by atoms with van der Waals surface area (Å²) in [5, 5.41) is 3.75. The van der Waals surface area contributed by atoms with Crippen LogP contribution in [-0.4, -0.2) is 9.13 Å². The van der Waals surface area contributed by atoms with Gasteiger partial charge in [0, 0.05) is 67.4 Å². The van der Waals surface area contributed by atoms with Crippen LogP contribution in [0.25, 0.3) is 77.5 Å². The van der Waals surface area contributed by atoms with Crippen LogP contribution in [0.4, 0.5) is 34.1 Å². The molecule has 10 aromatic carbocycles. The number of fused-ring (bicyclic) bond motifs is 4. The van der Waals surface area contributed by atoms with Gasteiger partial charge in [0.15, 0.2) is 0 Å². The third-order valence-electron chi connectivity index (χ3n) is 15.0. The summed E-state index contributed by atoms with van der Waals surface area (Å²) < 4.78 is 4.84. The van der Waals surface area contributed by atoms with Gasteiger partial charge in [0.25, 0.3) is 0 Å². The second-order valence-electron chi connectivity index (χ2n) is 19.4. The predicted octanol–water partition coefficient (Wildman–Crippen LogP) is 19.5. The highest BCUT2D eigenvalue weighted by atomic mass is 15.1. The summed E-state index contributed by atoms with van der Waals surface area (Å²) in [6.07, 6.45) is 8.79. The van der Waals surface area contributed by atoms with Crippen LogP contribution in [-0.2, 0) is 0 Å². The van der Waals surface area contributed by atoms with Gasteiger partial charge in [-0.05, 0) is 175 Å². The highest BCUT2D eigenvalue weighted by Crippen LogP contribution is 2.43. The van der Waals surface area contributed by atoms with Gasteiger partial charge in [0.1, 0.15) is 0 Å². The van der Waals surface area contributed by atoms with E-state index in [-0.39, 0.29) is 0 Å². The second kappa shape index (κ2) is 19.0. The van der Waals surface area contributed by atoms with Crippen molar-refractivity contribution in [2.24, 2.45) is 0 Å². The number of nitrogens with zero attached hydrogens (tertiary/aromatic N) is 4. The summed E-state index contributed by atoms with van der Waals surface area (Å²) >= 11 is 0. The van der Waals surface area contributed by atoms with Gasteiger partial charge in [-0.25, -0.2) is 0 Å². The van der Waals surface area contributed by atoms with E-state index in [9.17, 15) is 0 Å². The van der Waals surface area contributed by atoms with Crippen molar-refractivity contribution in [2.75, 3.05) is 9.80 Å². The van der Waals surface area contributed by atoms with Gasteiger partial charge in [-0.15, -0.1) is 0 Å². The molecule has 0 unspecified atom stereocenters.